The van der Waals surface area contributed by atoms with E-state index in [1.807, 2.05) is 24.3 Å². The summed E-state index contributed by atoms with van der Waals surface area (Å²) in [7, 11) is 3.40. The average Bonchev–Trinajstić information content (AvgIpc) is 2.60. The quantitative estimate of drug-likeness (QED) is 0.875. The van der Waals surface area contributed by atoms with Gasteiger partial charge >= 0.3 is 0 Å². The van der Waals surface area contributed by atoms with Gasteiger partial charge in [-0.15, -0.1) is 0 Å². The zero-order chi connectivity index (χ0) is 18.4. The highest BCUT2D eigenvalue weighted by atomic mass is 16.5. The van der Waals surface area contributed by atoms with E-state index in [9.17, 15) is 9.59 Å². The van der Waals surface area contributed by atoms with Gasteiger partial charge in [-0.05, 0) is 41.8 Å². The van der Waals surface area contributed by atoms with Crippen LogP contribution in [0.25, 0.3) is 0 Å². The molecule has 0 heterocycles. The number of amides is 2. The molecule has 5 heteroatoms. The first kappa shape index (κ1) is 18.5. The van der Waals surface area contributed by atoms with Crippen LogP contribution in [0.1, 0.15) is 35.7 Å². The maximum Gasteiger partial charge on any atom is 0.262 e. The molecule has 0 aromatic heterocycles. The monoisotopic (exact) mass is 340 g/mol. The molecule has 2 aromatic carbocycles. The molecule has 2 aromatic rings. The zero-order valence-corrected chi connectivity index (χ0v) is 15.1. The van der Waals surface area contributed by atoms with Crippen LogP contribution in [0.15, 0.2) is 48.5 Å². The lowest BCUT2D eigenvalue weighted by Crippen LogP contribution is -2.22. The molecule has 0 aliphatic heterocycles. The summed E-state index contributed by atoms with van der Waals surface area (Å²) in [4.78, 5) is 25.4. The fourth-order valence-corrected chi connectivity index (χ4v) is 2.38. The highest BCUT2D eigenvalue weighted by Crippen LogP contribution is 2.25. The number of nitrogens with one attached hydrogen (secondary N) is 1. The second kappa shape index (κ2) is 8.33. The first-order chi connectivity index (χ1) is 11.9. The Kier molecular flexibility index (Phi) is 6.17. The first-order valence-electron chi connectivity index (χ1n) is 8.21. The van der Waals surface area contributed by atoms with Gasteiger partial charge in [-0.3, -0.25) is 9.59 Å². The molecule has 0 aliphatic carbocycles. The van der Waals surface area contributed by atoms with Gasteiger partial charge in [0.2, 0.25) is 0 Å². The molecule has 0 bridgehead atoms. The van der Waals surface area contributed by atoms with Crippen LogP contribution in [0.3, 0.4) is 0 Å². The SMILES string of the molecule is CC(C)c1ccccc1OCC(=O)Nc1ccc(C(=O)N(C)C)cc1. The number of nitrogens with zero attached hydrogens (tertiary/aromatic N) is 1. The van der Waals surface area contributed by atoms with Crippen LogP contribution in [0.4, 0.5) is 5.69 Å². The van der Waals surface area contributed by atoms with Gasteiger partial charge in [0.05, 0.1) is 0 Å². The van der Waals surface area contributed by atoms with Gasteiger partial charge in [-0.2, -0.15) is 0 Å². The van der Waals surface area contributed by atoms with E-state index in [-0.39, 0.29) is 18.4 Å². The summed E-state index contributed by atoms with van der Waals surface area (Å²) in [6.45, 7) is 4.10. The van der Waals surface area contributed by atoms with Gasteiger partial charge in [0.15, 0.2) is 6.61 Å². The molecular formula is C20H24N2O3. The molecule has 0 saturated carbocycles. The highest BCUT2D eigenvalue weighted by Gasteiger charge is 2.10. The van der Waals surface area contributed by atoms with Crippen molar-refractivity contribution in [2.45, 2.75) is 19.8 Å². The number of para-hydroxylation sites is 1. The van der Waals surface area contributed by atoms with E-state index in [1.165, 1.54) is 4.90 Å². The molecule has 5 nitrogen and oxygen atoms in total. The van der Waals surface area contributed by atoms with E-state index >= 15 is 0 Å². The van der Waals surface area contributed by atoms with Crippen LogP contribution in [0.2, 0.25) is 0 Å². The number of anilines is 1. The summed E-state index contributed by atoms with van der Waals surface area (Å²) in [5.74, 6) is 0.720. The third-order valence-electron chi connectivity index (χ3n) is 3.72. The second-order valence-electron chi connectivity index (χ2n) is 6.31. The fourth-order valence-electron chi connectivity index (χ4n) is 2.38. The lowest BCUT2D eigenvalue weighted by molar-refractivity contribution is -0.118. The standard InChI is InChI=1S/C20H24N2O3/c1-14(2)17-7-5-6-8-18(17)25-13-19(23)21-16-11-9-15(10-12-16)20(24)22(3)4/h5-12,14H,13H2,1-4H3,(H,21,23). The number of hydrogen-bond acceptors (Lipinski definition) is 3. The van der Waals surface area contributed by atoms with Crippen LogP contribution < -0.4 is 10.1 Å². The van der Waals surface area contributed by atoms with Gasteiger partial charge in [-0.25, -0.2) is 0 Å². The Balaban J connectivity index is 1.94. The number of carbonyl (C=O) groups is 2. The lowest BCUT2D eigenvalue weighted by atomic mass is 10.0. The van der Waals surface area contributed by atoms with Crippen molar-refractivity contribution >= 4 is 17.5 Å². The van der Waals surface area contributed by atoms with Gasteiger partial charge in [0.25, 0.3) is 11.8 Å². The van der Waals surface area contributed by atoms with E-state index in [2.05, 4.69) is 19.2 Å². The molecule has 0 spiro atoms. The molecule has 0 atom stereocenters. The van der Waals surface area contributed by atoms with Crippen molar-refractivity contribution in [3.63, 3.8) is 0 Å². The normalized spacial score (nSPS) is 10.4. The van der Waals surface area contributed by atoms with Gasteiger partial charge < -0.3 is 15.0 Å². The highest BCUT2D eigenvalue weighted by molar-refractivity contribution is 5.95. The van der Waals surface area contributed by atoms with Crippen molar-refractivity contribution in [3.8, 4) is 5.75 Å². The molecule has 132 valence electrons. The molecule has 25 heavy (non-hydrogen) atoms. The lowest BCUT2D eigenvalue weighted by Gasteiger charge is -2.14. The largest absolute Gasteiger partial charge is 0.483 e. The summed E-state index contributed by atoms with van der Waals surface area (Å²) >= 11 is 0. The molecule has 0 fully saturated rings. The molecule has 1 N–H and O–H groups in total. The van der Waals surface area contributed by atoms with Crippen LogP contribution in [0.5, 0.6) is 5.75 Å². The molecule has 2 rings (SSSR count). The van der Waals surface area contributed by atoms with Crippen LogP contribution in [0, 0.1) is 0 Å². The molecule has 0 radical (unpaired) electrons. The first-order valence-corrected chi connectivity index (χ1v) is 8.21. The van der Waals surface area contributed by atoms with Gasteiger partial charge in [0.1, 0.15) is 5.75 Å². The minimum atomic E-state index is -0.245. The topological polar surface area (TPSA) is 58.6 Å². The summed E-state index contributed by atoms with van der Waals surface area (Å²) < 4.78 is 5.65. The average molecular weight is 340 g/mol. The zero-order valence-electron chi connectivity index (χ0n) is 15.1. The van der Waals surface area contributed by atoms with E-state index in [0.717, 1.165) is 11.3 Å². The minimum Gasteiger partial charge on any atom is -0.483 e. The Labute approximate surface area is 148 Å². The summed E-state index contributed by atoms with van der Waals surface area (Å²) in [6, 6.07) is 14.5. The van der Waals surface area contributed by atoms with Crippen LogP contribution in [-0.2, 0) is 4.79 Å². The smallest absolute Gasteiger partial charge is 0.262 e. The van der Waals surface area contributed by atoms with Gasteiger partial charge in [-0.1, -0.05) is 32.0 Å². The third-order valence-corrected chi connectivity index (χ3v) is 3.72. The number of carbonyl (C=O) groups excluding carboxylic acids is 2. The molecule has 0 saturated heterocycles. The van der Waals surface area contributed by atoms with E-state index in [1.54, 1.807) is 38.4 Å². The Morgan fingerprint density at radius 1 is 1.04 bits per heavy atom. The van der Waals surface area contributed by atoms with E-state index in [0.29, 0.717) is 17.2 Å². The van der Waals surface area contributed by atoms with Crippen LogP contribution in [-0.4, -0.2) is 37.4 Å². The van der Waals surface area contributed by atoms with Gasteiger partial charge in [0, 0.05) is 25.3 Å². The molecule has 2 amide bonds. The predicted molar refractivity (Wildman–Crippen MR) is 99.1 cm³/mol. The predicted octanol–water partition coefficient (Wildman–Crippen LogP) is 3.53. The summed E-state index contributed by atoms with van der Waals surface area (Å²) in [5, 5.41) is 2.77. The maximum absolute atomic E-state index is 12.1. The number of rotatable bonds is 6. The van der Waals surface area contributed by atoms with Crippen molar-refractivity contribution in [2.24, 2.45) is 0 Å². The second-order valence-corrected chi connectivity index (χ2v) is 6.31. The molecule has 0 aliphatic rings. The van der Waals surface area contributed by atoms with Crippen molar-refractivity contribution in [3.05, 3.63) is 59.7 Å². The Bertz CT molecular complexity index is 737. The number of benzene rings is 2. The summed E-state index contributed by atoms with van der Waals surface area (Å²) in [5.41, 5.74) is 2.27. The van der Waals surface area contributed by atoms with E-state index < -0.39 is 0 Å². The fraction of sp³-hybridized carbons (Fsp3) is 0.300. The van der Waals surface area contributed by atoms with Crippen molar-refractivity contribution in [1.29, 1.82) is 0 Å². The Morgan fingerprint density at radius 2 is 1.68 bits per heavy atom. The van der Waals surface area contributed by atoms with Crippen molar-refractivity contribution in [1.82, 2.24) is 4.90 Å². The Morgan fingerprint density at radius 3 is 2.28 bits per heavy atom. The van der Waals surface area contributed by atoms with Crippen molar-refractivity contribution in [2.75, 3.05) is 26.0 Å². The molecular weight excluding hydrogens is 316 g/mol. The Hall–Kier alpha value is -2.82. The summed E-state index contributed by atoms with van der Waals surface area (Å²) in [6.07, 6.45) is 0. The number of hydrogen-bond donors (Lipinski definition) is 1. The van der Waals surface area contributed by atoms with E-state index in [4.69, 9.17) is 4.74 Å². The third kappa shape index (κ3) is 5.08. The van der Waals surface area contributed by atoms with Crippen molar-refractivity contribution < 1.29 is 14.3 Å². The van der Waals surface area contributed by atoms with Crippen LogP contribution >= 0.6 is 0 Å². The molecule has 0 unspecified atom stereocenters. The number of ether oxygens (including phenoxy) is 1. The maximum atomic E-state index is 12.1. The minimum absolute atomic E-state index is 0.0673.